The van der Waals surface area contributed by atoms with Crippen LogP contribution < -0.4 is 10.1 Å². The van der Waals surface area contributed by atoms with Gasteiger partial charge in [0.1, 0.15) is 5.75 Å². The van der Waals surface area contributed by atoms with Gasteiger partial charge >= 0.3 is 12.0 Å². The molecular formula is C16H22N2O4. The summed E-state index contributed by atoms with van der Waals surface area (Å²) < 4.78 is 5.27. The topological polar surface area (TPSA) is 78.9 Å². The minimum absolute atomic E-state index is 0.194. The fourth-order valence-electron chi connectivity index (χ4n) is 2.69. The number of hydrogen-bond acceptors (Lipinski definition) is 3. The summed E-state index contributed by atoms with van der Waals surface area (Å²) in [6, 6.07) is 7.49. The molecule has 1 aliphatic rings. The third kappa shape index (κ3) is 4.13. The molecule has 0 spiro atoms. The molecule has 120 valence electrons. The molecule has 1 aromatic carbocycles. The normalized spacial score (nSPS) is 17.9. The van der Waals surface area contributed by atoms with Gasteiger partial charge in [-0.3, -0.25) is 4.79 Å². The monoisotopic (exact) mass is 306 g/mol. The summed E-state index contributed by atoms with van der Waals surface area (Å²) in [5.74, 6) is -0.471. The summed E-state index contributed by atoms with van der Waals surface area (Å²) in [7, 11) is 1.62. The molecule has 1 unspecified atom stereocenters. The fraction of sp³-hybridized carbons (Fsp3) is 0.500. The van der Waals surface area contributed by atoms with Crippen molar-refractivity contribution in [2.24, 2.45) is 5.92 Å². The first-order valence-electron chi connectivity index (χ1n) is 7.49. The van der Waals surface area contributed by atoms with Crippen LogP contribution in [0.25, 0.3) is 0 Å². The number of likely N-dealkylation sites (tertiary alicyclic amines) is 1. The largest absolute Gasteiger partial charge is 0.496 e. The van der Waals surface area contributed by atoms with Crippen molar-refractivity contribution in [1.29, 1.82) is 0 Å². The highest BCUT2D eigenvalue weighted by atomic mass is 16.5. The zero-order valence-electron chi connectivity index (χ0n) is 12.7. The van der Waals surface area contributed by atoms with E-state index in [4.69, 9.17) is 9.84 Å². The number of ether oxygens (including phenoxy) is 1. The SMILES string of the molecule is COc1ccccc1CCNC(=O)N1CCCC(C(=O)O)C1. The first-order chi connectivity index (χ1) is 10.6. The number of carboxylic acid groups (broad SMARTS) is 1. The maximum atomic E-state index is 12.1. The Morgan fingerprint density at radius 1 is 1.41 bits per heavy atom. The Bertz CT molecular complexity index is 533. The molecule has 0 radical (unpaired) electrons. The predicted octanol–water partition coefficient (Wildman–Crippen LogP) is 1.74. The Kier molecular flexibility index (Phi) is 5.63. The van der Waals surface area contributed by atoms with E-state index in [1.165, 1.54) is 0 Å². The van der Waals surface area contributed by atoms with Crippen molar-refractivity contribution in [3.63, 3.8) is 0 Å². The van der Waals surface area contributed by atoms with E-state index < -0.39 is 11.9 Å². The van der Waals surface area contributed by atoms with Crippen molar-refractivity contribution in [3.8, 4) is 5.75 Å². The number of nitrogens with zero attached hydrogens (tertiary/aromatic N) is 1. The van der Waals surface area contributed by atoms with Crippen molar-refractivity contribution in [2.75, 3.05) is 26.7 Å². The van der Waals surface area contributed by atoms with Crippen LogP contribution in [0, 0.1) is 5.92 Å². The van der Waals surface area contributed by atoms with Crippen LogP contribution in [-0.2, 0) is 11.2 Å². The molecule has 1 saturated heterocycles. The van der Waals surface area contributed by atoms with E-state index in [9.17, 15) is 9.59 Å². The Hall–Kier alpha value is -2.24. The number of benzene rings is 1. The van der Waals surface area contributed by atoms with Crippen LogP contribution in [0.4, 0.5) is 4.79 Å². The molecule has 0 aromatic heterocycles. The molecule has 22 heavy (non-hydrogen) atoms. The third-order valence-corrected chi connectivity index (χ3v) is 3.92. The van der Waals surface area contributed by atoms with E-state index in [0.717, 1.165) is 17.7 Å². The van der Waals surface area contributed by atoms with E-state index in [0.29, 0.717) is 25.9 Å². The lowest BCUT2D eigenvalue weighted by Crippen LogP contribution is -2.47. The number of piperidine rings is 1. The van der Waals surface area contributed by atoms with E-state index in [2.05, 4.69) is 5.32 Å². The standard InChI is InChI=1S/C16H22N2O4/c1-22-14-7-3-2-5-12(14)8-9-17-16(21)18-10-4-6-13(11-18)15(19)20/h2-3,5,7,13H,4,6,8-11H2,1H3,(H,17,21)(H,19,20). The highest BCUT2D eigenvalue weighted by Crippen LogP contribution is 2.18. The van der Waals surface area contributed by atoms with Gasteiger partial charge in [-0.2, -0.15) is 0 Å². The number of amides is 2. The smallest absolute Gasteiger partial charge is 0.317 e. The van der Waals surface area contributed by atoms with E-state index in [1.54, 1.807) is 12.0 Å². The first-order valence-corrected chi connectivity index (χ1v) is 7.49. The molecule has 1 atom stereocenters. The van der Waals surface area contributed by atoms with Crippen LogP contribution in [0.5, 0.6) is 5.75 Å². The van der Waals surface area contributed by atoms with Crippen LogP contribution in [0.1, 0.15) is 18.4 Å². The van der Waals surface area contributed by atoms with Crippen LogP contribution in [0.3, 0.4) is 0 Å². The number of methoxy groups -OCH3 is 1. The molecule has 1 aromatic rings. The minimum atomic E-state index is -0.827. The minimum Gasteiger partial charge on any atom is -0.496 e. The molecule has 1 aliphatic heterocycles. The Morgan fingerprint density at radius 2 is 2.18 bits per heavy atom. The maximum Gasteiger partial charge on any atom is 0.317 e. The second-order valence-corrected chi connectivity index (χ2v) is 5.42. The van der Waals surface area contributed by atoms with Gasteiger partial charge in [-0.25, -0.2) is 4.79 Å². The lowest BCUT2D eigenvalue weighted by molar-refractivity contribution is -0.143. The first kappa shape index (κ1) is 16.1. The molecule has 6 heteroatoms. The average molecular weight is 306 g/mol. The predicted molar refractivity (Wildman–Crippen MR) is 82.0 cm³/mol. The second-order valence-electron chi connectivity index (χ2n) is 5.42. The quantitative estimate of drug-likeness (QED) is 0.868. The number of carbonyl (C=O) groups excluding carboxylic acids is 1. The summed E-state index contributed by atoms with van der Waals surface area (Å²) in [4.78, 5) is 24.7. The van der Waals surface area contributed by atoms with E-state index in [-0.39, 0.29) is 12.6 Å². The molecule has 2 rings (SSSR count). The van der Waals surface area contributed by atoms with Crippen LogP contribution in [-0.4, -0.2) is 48.8 Å². The van der Waals surface area contributed by atoms with Crippen molar-refractivity contribution in [2.45, 2.75) is 19.3 Å². The highest BCUT2D eigenvalue weighted by molar-refractivity contribution is 5.76. The maximum absolute atomic E-state index is 12.1. The average Bonchev–Trinajstić information content (AvgIpc) is 2.55. The zero-order valence-corrected chi connectivity index (χ0v) is 12.7. The van der Waals surface area contributed by atoms with Crippen molar-refractivity contribution in [3.05, 3.63) is 29.8 Å². The Morgan fingerprint density at radius 3 is 2.91 bits per heavy atom. The summed E-state index contributed by atoms with van der Waals surface area (Å²) in [6.45, 7) is 1.40. The number of aliphatic carboxylic acids is 1. The molecule has 0 aliphatic carbocycles. The molecule has 1 heterocycles. The number of carbonyl (C=O) groups is 2. The van der Waals surface area contributed by atoms with Crippen molar-refractivity contribution < 1.29 is 19.4 Å². The molecule has 6 nitrogen and oxygen atoms in total. The van der Waals surface area contributed by atoms with Crippen molar-refractivity contribution in [1.82, 2.24) is 10.2 Å². The number of urea groups is 1. The lowest BCUT2D eigenvalue weighted by Gasteiger charge is -2.30. The molecule has 0 saturated carbocycles. The lowest BCUT2D eigenvalue weighted by atomic mass is 9.99. The van der Waals surface area contributed by atoms with Crippen molar-refractivity contribution >= 4 is 12.0 Å². The molecule has 2 amide bonds. The van der Waals surface area contributed by atoms with E-state index >= 15 is 0 Å². The molecule has 2 N–H and O–H groups in total. The van der Waals surface area contributed by atoms with Gasteiger partial charge in [0.05, 0.1) is 13.0 Å². The van der Waals surface area contributed by atoms with Gasteiger partial charge in [-0.05, 0) is 30.9 Å². The van der Waals surface area contributed by atoms with Gasteiger partial charge in [0.25, 0.3) is 0 Å². The van der Waals surface area contributed by atoms with Crippen LogP contribution in [0.15, 0.2) is 24.3 Å². The number of para-hydroxylation sites is 1. The summed E-state index contributed by atoms with van der Waals surface area (Å²) >= 11 is 0. The number of carboxylic acids is 1. The number of nitrogens with one attached hydrogen (secondary N) is 1. The van der Waals surface area contributed by atoms with E-state index in [1.807, 2.05) is 24.3 Å². The van der Waals surface area contributed by atoms with Gasteiger partial charge in [0.15, 0.2) is 0 Å². The number of rotatable bonds is 5. The van der Waals surface area contributed by atoms with Gasteiger partial charge in [-0.15, -0.1) is 0 Å². The zero-order chi connectivity index (χ0) is 15.9. The summed E-state index contributed by atoms with van der Waals surface area (Å²) in [6.07, 6.45) is 2.04. The van der Waals surface area contributed by atoms with Gasteiger partial charge in [0.2, 0.25) is 0 Å². The summed E-state index contributed by atoms with van der Waals surface area (Å²) in [5, 5.41) is 11.9. The number of hydrogen-bond donors (Lipinski definition) is 2. The van der Waals surface area contributed by atoms with Gasteiger partial charge in [0, 0.05) is 19.6 Å². The third-order valence-electron chi connectivity index (χ3n) is 3.92. The highest BCUT2D eigenvalue weighted by Gasteiger charge is 2.27. The van der Waals surface area contributed by atoms with Crippen LogP contribution >= 0.6 is 0 Å². The summed E-state index contributed by atoms with van der Waals surface area (Å²) in [5.41, 5.74) is 1.03. The van der Waals surface area contributed by atoms with Gasteiger partial charge in [-0.1, -0.05) is 18.2 Å². The van der Waals surface area contributed by atoms with Gasteiger partial charge < -0.3 is 20.1 Å². The molecular weight excluding hydrogens is 284 g/mol. The second kappa shape index (κ2) is 7.68. The fourth-order valence-corrected chi connectivity index (χ4v) is 2.69. The Balaban J connectivity index is 1.81. The molecule has 1 fully saturated rings. The van der Waals surface area contributed by atoms with Crippen LogP contribution in [0.2, 0.25) is 0 Å². The Labute approximate surface area is 130 Å². The molecule has 0 bridgehead atoms.